The third-order valence-corrected chi connectivity index (χ3v) is 4.69. The summed E-state index contributed by atoms with van der Waals surface area (Å²) in [5.41, 5.74) is 10.6. The van der Waals surface area contributed by atoms with Crippen molar-refractivity contribution in [2.45, 2.75) is 50.9 Å². The largest absolute Gasteiger partial charge is 0.480 e. The maximum atomic E-state index is 12.6. The van der Waals surface area contributed by atoms with Gasteiger partial charge in [0.1, 0.15) is 18.1 Å². The zero-order chi connectivity index (χ0) is 23.4. The van der Waals surface area contributed by atoms with Crippen LogP contribution in [0.5, 0.6) is 0 Å². The first-order valence-electron chi connectivity index (χ1n) is 9.22. The number of hydrogen-bond acceptors (Lipinski definition) is 8. The molecule has 4 atom stereocenters. The first-order chi connectivity index (χ1) is 13.9. The monoisotopic (exact) mass is 449 g/mol. The van der Waals surface area contributed by atoms with Crippen molar-refractivity contribution in [2.75, 3.05) is 18.6 Å². The fraction of sp³-hybridized carbons (Fsp3) is 0.706. The molecule has 4 amide bonds. The summed E-state index contributed by atoms with van der Waals surface area (Å²) >= 11 is 1.41. The molecule has 0 aromatic carbocycles. The Balaban J connectivity index is 5.20. The lowest BCUT2D eigenvalue weighted by Crippen LogP contribution is -2.58. The molecule has 4 unspecified atom stereocenters. The van der Waals surface area contributed by atoms with Crippen molar-refractivity contribution in [1.82, 2.24) is 16.0 Å². The SMILES string of the molecule is CSCCC(NC(=O)C(N)CC(N)=O)C(=O)NC(CO)C(=O)NC(C(=O)O)C(C)C. The number of primary amides is 1. The molecule has 0 heterocycles. The van der Waals surface area contributed by atoms with Gasteiger partial charge in [-0.2, -0.15) is 11.8 Å². The van der Waals surface area contributed by atoms with Gasteiger partial charge in [0.15, 0.2) is 0 Å². The summed E-state index contributed by atoms with van der Waals surface area (Å²) < 4.78 is 0. The minimum atomic E-state index is -1.42. The lowest BCUT2D eigenvalue weighted by Gasteiger charge is -2.25. The van der Waals surface area contributed by atoms with Crippen LogP contribution in [-0.4, -0.2) is 82.6 Å². The summed E-state index contributed by atoms with van der Waals surface area (Å²) in [6.45, 7) is 2.40. The Morgan fingerprint density at radius 3 is 1.93 bits per heavy atom. The standard InChI is InChI=1S/C17H31N5O7S/c1-8(2)13(17(28)29)22-16(27)11(7-23)21-15(26)10(4-5-30-3)20-14(25)9(18)6-12(19)24/h8-11,13,23H,4-7,18H2,1-3H3,(H2,19,24)(H,20,25)(H,21,26)(H,22,27)(H,28,29). The zero-order valence-corrected chi connectivity index (χ0v) is 18.0. The average molecular weight is 450 g/mol. The van der Waals surface area contributed by atoms with Crippen LogP contribution in [0.4, 0.5) is 0 Å². The molecule has 9 N–H and O–H groups in total. The normalized spacial score (nSPS) is 14.9. The Kier molecular flexibility index (Phi) is 12.7. The third kappa shape index (κ3) is 9.89. The molecule has 0 aliphatic rings. The summed E-state index contributed by atoms with van der Waals surface area (Å²) in [5, 5.41) is 25.6. The van der Waals surface area contributed by atoms with Crippen LogP contribution in [0.3, 0.4) is 0 Å². The van der Waals surface area contributed by atoms with Crippen LogP contribution in [0.25, 0.3) is 0 Å². The topological polar surface area (TPSA) is 214 Å². The molecule has 0 spiro atoms. The van der Waals surface area contributed by atoms with E-state index in [2.05, 4.69) is 16.0 Å². The molecule has 0 aliphatic heterocycles. The van der Waals surface area contributed by atoms with Gasteiger partial charge in [-0.3, -0.25) is 19.2 Å². The molecule has 0 aromatic heterocycles. The molecular weight excluding hydrogens is 418 g/mol. The van der Waals surface area contributed by atoms with Gasteiger partial charge in [-0.05, 0) is 24.3 Å². The van der Waals surface area contributed by atoms with Gasteiger partial charge in [-0.25, -0.2) is 4.79 Å². The quantitative estimate of drug-likeness (QED) is 0.145. The van der Waals surface area contributed by atoms with Crippen LogP contribution in [0, 0.1) is 5.92 Å². The van der Waals surface area contributed by atoms with Crippen LogP contribution in [0.2, 0.25) is 0 Å². The van der Waals surface area contributed by atoms with E-state index in [9.17, 15) is 29.1 Å². The maximum absolute atomic E-state index is 12.6. The summed E-state index contributed by atoms with van der Waals surface area (Å²) in [5.74, 6) is -4.41. The van der Waals surface area contributed by atoms with Gasteiger partial charge < -0.3 is 37.6 Å². The molecular formula is C17H31N5O7S. The van der Waals surface area contributed by atoms with E-state index in [-0.39, 0.29) is 6.42 Å². The summed E-state index contributed by atoms with van der Waals surface area (Å²) in [6, 6.07) is -4.97. The highest BCUT2D eigenvalue weighted by Crippen LogP contribution is 2.05. The van der Waals surface area contributed by atoms with E-state index in [0.717, 1.165) is 0 Å². The van der Waals surface area contributed by atoms with Crippen LogP contribution in [0.1, 0.15) is 26.7 Å². The number of carbonyl (C=O) groups is 5. The summed E-state index contributed by atoms with van der Waals surface area (Å²) in [4.78, 5) is 59.2. The van der Waals surface area contributed by atoms with Crippen molar-refractivity contribution in [3.05, 3.63) is 0 Å². The van der Waals surface area contributed by atoms with Crippen molar-refractivity contribution in [3.8, 4) is 0 Å². The van der Waals surface area contributed by atoms with E-state index in [1.165, 1.54) is 11.8 Å². The fourth-order valence-corrected chi connectivity index (χ4v) is 2.80. The molecule has 0 fully saturated rings. The minimum Gasteiger partial charge on any atom is -0.480 e. The van der Waals surface area contributed by atoms with Gasteiger partial charge in [0.25, 0.3) is 0 Å². The van der Waals surface area contributed by atoms with Gasteiger partial charge in [0.05, 0.1) is 19.1 Å². The number of aliphatic carboxylic acids is 1. The summed E-state index contributed by atoms with van der Waals surface area (Å²) in [7, 11) is 0. The molecule has 0 saturated carbocycles. The van der Waals surface area contributed by atoms with Crippen LogP contribution >= 0.6 is 11.8 Å². The molecule has 0 saturated heterocycles. The molecule has 0 radical (unpaired) electrons. The van der Waals surface area contributed by atoms with E-state index < -0.39 is 72.7 Å². The number of nitrogens with one attached hydrogen (secondary N) is 3. The van der Waals surface area contributed by atoms with Crippen LogP contribution in [0.15, 0.2) is 0 Å². The van der Waals surface area contributed by atoms with Gasteiger partial charge in [0.2, 0.25) is 23.6 Å². The molecule has 13 heteroatoms. The van der Waals surface area contributed by atoms with E-state index in [1.54, 1.807) is 20.1 Å². The lowest BCUT2D eigenvalue weighted by molar-refractivity contribution is -0.143. The first-order valence-corrected chi connectivity index (χ1v) is 10.6. The fourth-order valence-electron chi connectivity index (χ4n) is 2.33. The summed E-state index contributed by atoms with van der Waals surface area (Å²) in [6.07, 6.45) is 1.57. The molecule has 172 valence electrons. The Morgan fingerprint density at radius 2 is 1.50 bits per heavy atom. The predicted molar refractivity (Wildman–Crippen MR) is 110 cm³/mol. The Hall–Kier alpha value is -2.38. The number of nitrogens with two attached hydrogens (primary N) is 2. The van der Waals surface area contributed by atoms with Crippen molar-refractivity contribution in [2.24, 2.45) is 17.4 Å². The maximum Gasteiger partial charge on any atom is 0.326 e. The number of hydrogen-bond donors (Lipinski definition) is 7. The molecule has 0 bridgehead atoms. The number of carboxylic acids is 1. The Morgan fingerprint density at radius 1 is 0.967 bits per heavy atom. The predicted octanol–water partition coefficient (Wildman–Crippen LogP) is -2.87. The number of carboxylic acid groups (broad SMARTS) is 1. The highest BCUT2D eigenvalue weighted by molar-refractivity contribution is 7.98. The first kappa shape index (κ1) is 27.6. The molecule has 0 aromatic rings. The van der Waals surface area contributed by atoms with Gasteiger partial charge in [-0.1, -0.05) is 13.8 Å². The van der Waals surface area contributed by atoms with Crippen molar-refractivity contribution in [3.63, 3.8) is 0 Å². The van der Waals surface area contributed by atoms with Gasteiger partial charge >= 0.3 is 5.97 Å². The lowest BCUT2D eigenvalue weighted by atomic mass is 10.0. The molecule has 0 rings (SSSR count). The second-order valence-corrected chi connectivity index (χ2v) is 7.92. The van der Waals surface area contributed by atoms with E-state index in [4.69, 9.17) is 16.6 Å². The van der Waals surface area contributed by atoms with Gasteiger partial charge in [-0.15, -0.1) is 0 Å². The second-order valence-electron chi connectivity index (χ2n) is 6.93. The molecule has 0 aliphatic carbocycles. The zero-order valence-electron chi connectivity index (χ0n) is 17.2. The average Bonchev–Trinajstić information content (AvgIpc) is 2.65. The molecule has 12 nitrogen and oxygen atoms in total. The van der Waals surface area contributed by atoms with E-state index >= 15 is 0 Å². The number of thioether (sulfide) groups is 1. The van der Waals surface area contributed by atoms with Crippen molar-refractivity contribution in [1.29, 1.82) is 0 Å². The number of rotatable bonds is 14. The van der Waals surface area contributed by atoms with Crippen LogP contribution < -0.4 is 27.4 Å². The van der Waals surface area contributed by atoms with Crippen molar-refractivity contribution < 1.29 is 34.2 Å². The van der Waals surface area contributed by atoms with E-state index in [0.29, 0.717) is 5.75 Å². The smallest absolute Gasteiger partial charge is 0.326 e. The Bertz CT molecular complexity index is 632. The number of aliphatic hydroxyl groups excluding tert-OH is 1. The minimum absolute atomic E-state index is 0.186. The molecule has 30 heavy (non-hydrogen) atoms. The second kappa shape index (κ2) is 13.8. The highest BCUT2D eigenvalue weighted by Gasteiger charge is 2.31. The van der Waals surface area contributed by atoms with E-state index in [1.807, 2.05) is 0 Å². The number of aliphatic hydroxyl groups is 1. The van der Waals surface area contributed by atoms with Gasteiger partial charge in [0, 0.05) is 0 Å². The Labute approximate surface area is 178 Å². The third-order valence-electron chi connectivity index (χ3n) is 4.05. The number of amides is 4. The van der Waals surface area contributed by atoms with Crippen LogP contribution in [-0.2, 0) is 24.0 Å². The number of carbonyl (C=O) groups excluding carboxylic acids is 4. The highest BCUT2D eigenvalue weighted by atomic mass is 32.2. The van der Waals surface area contributed by atoms with Crippen molar-refractivity contribution >= 4 is 41.4 Å².